The van der Waals surface area contributed by atoms with Crippen molar-refractivity contribution >= 4 is 17.3 Å². The third-order valence-corrected chi connectivity index (χ3v) is 5.52. The van der Waals surface area contributed by atoms with Gasteiger partial charge in [-0.2, -0.15) is 0 Å². The summed E-state index contributed by atoms with van der Waals surface area (Å²) in [7, 11) is 4.01. The van der Waals surface area contributed by atoms with Crippen LogP contribution in [0.2, 0.25) is 0 Å². The molecule has 2 aliphatic rings. The monoisotopic (exact) mass is 356 g/mol. The lowest BCUT2D eigenvalue weighted by atomic mass is 9.97. The average molecular weight is 356 g/mol. The molecule has 1 heterocycles. The molecule has 3 rings (SSSR count). The molecule has 2 atom stereocenters. The summed E-state index contributed by atoms with van der Waals surface area (Å²) < 4.78 is 0. The van der Waals surface area contributed by atoms with Crippen LogP contribution in [0.5, 0.6) is 0 Å². The van der Waals surface area contributed by atoms with E-state index in [0.717, 1.165) is 17.7 Å². The van der Waals surface area contributed by atoms with Gasteiger partial charge in [-0.1, -0.05) is 30.3 Å². The molecule has 1 aliphatic carbocycles. The summed E-state index contributed by atoms with van der Waals surface area (Å²) in [5, 5.41) is 9.65. The maximum Gasteiger partial charge on any atom is 0.227 e. The van der Waals surface area contributed by atoms with Crippen molar-refractivity contribution in [2.45, 2.75) is 19.3 Å². The Kier molecular flexibility index (Phi) is 5.89. The number of rotatable bonds is 6. The van der Waals surface area contributed by atoms with Crippen LogP contribution in [0.25, 0.3) is 5.57 Å². The Labute approximate surface area is 155 Å². The van der Waals surface area contributed by atoms with Crippen LogP contribution in [-0.2, 0) is 9.59 Å². The number of nitrogens with zero attached hydrogens (tertiary/aromatic N) is 2. The van der Waals surface area contributed by atoms with Gasteiger partial charge in [-0.25, -0.2) is 0 Å². The first-order valence-corrected chi connectivity index (χ1v) is 9.33. The summed E-state index contributed by atoms with van der Waals surface area (Å²) in [6.45, 7) is 2.19. The molecular weight excluding hydrogens is 328 g/mol. The smallest absolute Gasteiger partial charge is 0.227 e. The number of carbonyl (C=O) groups excluding carboxylic acids is 2. The number of carbonyl (C=O) groups is 2. The minimum Gasteiger partial charge on any atom is -0.396 e. The molecule has 1 N–H and O–H groups in total. The summed E-state index contributed by atoms with van der Waals surface area (Å²) >= 11 is 0. The molecule has 5 heteroatoms. The normalized spacial score (nSPS) is 23.4. The molecule has 0 radical (unpaired) electrons. The van der Waals surface area contributed by atoms with E-state index in [0.29, 0.717) is 31.5 Å². The number of likely N-dealkylation sites (tertiary alicyclic amines) is 1. The van der Waals surface area contributed by atoms with Gasteiger partial charge in [-0.3, -0.25) is 9.59 Å². The largest absolute Gasteiger partial charge is 0.396 e. The molecule has 1 amide bonds. The van der Waals surface area contributed by atoms with Crippen molar-refractivity contribution < 1.29 is 14.7 Å². The molecule has 1 aliphatic heterocycles. The lowest BCUT2D eigenvalue weighted by Crippen LogP contribution is -2.31. The first-order chi connectivity index (χ1) is 12.5. The fourth-order valence-corrected chi connectivity index (χ4v) is 4.16. The van der Waals surface area contributed by atoms with Gasteiger partial charge in [-0.15, -0.1) is 0 Å². The van der Waals surface area contributed by atoms with Crippen LogP contribution in [0, 0.1) is 11.8 Å². The van der Waals surface area contributed by atoms with E-state index in [-0.39, 0.29) is 36.6 Å². The molecule has 1 aromatic rings. The second-order valence-electron chi connectivity index (χ2n) is 7.69. The Hall–Kier alpha value is -1.98. The van der Waals surface area contributed by atoms with Crippen LogP contribution in [0.1, 0.15) is 24.8 Å². The van der Waals surface area contributed by atoms with E-state index < -0.39 is 0 Å². The molecule has 1 fully saturated rings. The zero-order chi connectivity index (χ0) is 18.7. The van der Waals surface area contributed by atoms with E-state index in [1.54, 1.807) is 0 Å². The zero-order valence-corrected chi connectivity index (χ0v) is 15.6. The number of allylic oxidation sites excluding steroid dienone is 1. The maximum absolute atomic E-state index is 12.9. The predicted octanol–water partition coefficient (Wildman–Crippen LogP) is 1.82. The Balaban J connectivity index is 1.73. The molecule has 1 saturated heterocycles. The predicted molar refractivity (Wildman–Crippen MR) is 101 cm³/mol. The number of hydrogen-bond acceptors (Lipinski definition) is 4. The van der Waals surface area contributed by atoms with E-state index in [1.165, 1.54) is 0 Å². The van der Waals surface area contributed by atoms with E-state index in [9.17, 15) is 14.7 Å². The van der Waals surface area contributed by atoms with Crippen molar-refractivity contribution in [3.8, 4) is 0 Å². The highest BCUT2D eigenvalue weighted by atomic mass is 16.3. The van der Waals surface area contributed by atoms with Gasteiger partial charge in [0.2, 0.25) is 5.91 Å². The quantitative estimate of drug-likeness (QED) is 0.845. The molecular formula is C21H28N2O3. The van der Waals surface area contributed by atoms with Gasteiger partial charge in [0.05, 0.1) is 6.42 Å². The lowest BCUT2D eigenvalue weighted by molar-refractivity contribution is -0.130. The number of ketones is 1. The third kappa shape index (κ3) is 4.05. The maximum atomic E-state index is 12.9. The molecule has 5 nitrogen and oxygen atoms in total. The standard InChI is InChI=1S/C21H28N2O3/c1-22(2)11-16-12-23(13-17(16)14-24)21(26)10-19-18(8-9-20(19)25)15-6-4-3-5-7-15/h3-7,16-17,24H,8-14H2,1-2H3/t16-,17-/m1/s1. The number of hydrogen-bond donors (Lipinski definition) is 1. The number of amides is 1. The second-order valence-corrected chi connectivity index (χ2v) is 7.69. The van der Waals surface area contributed by atoms with Crippen LogP contribution in [0.3, 0.4) is 0 Å². The van der Waals surface area contributed by atoms with Crippen LogP contribution in [-0.4, -0.2) is 66.9 Å². The highest BCUT2D eigenvalue weighted by molar-refractivity contribution is 6.10. The van der Waals surface area contributed by atoms with E-state index in [2.05, 4.69) is 4.90 Å². The molecule has 0 bridgehead atoms. The molecule has 0 aromatic heterocycles. The summed E-state index contributed by atoms with van der Waals surface area (Å²) in [5.74, 6) is 0.493. The molecule has 140 valence electrons. The molecule has 1 aromatic carbocycles. The van der Waals surface area contributed by atoms with E-state index in [1.807, 2.05) is 49.3 Å². The van der Waals surface area contributed by atoms with Gasteiger partial charge in [0.15, 0.2) is 5.78 Å². The van der Waals surface area contributed by atoms with Crippen molar-refractivity contribution in [1.82, 2.24) is 9.80 Å². The lowest BCUT2D eigenvalue weighted by Gasteiger charge is -2.20. The summed E-state index contributed by atoms with van der Waals surface area (Å²) in [4.78, 5) is 29.1. The zero-order valence-electron chi connectivity index (χ0n) is 15.6. The van der Waals surface area contributed by atoms with Crippen molar-refractivity contribution in [3.63, 3.8) is 0 Å². The van der Waals surface area contributed by atoms with Gasteiger partial charge in [0, 0.05) is 44.2 Å². The highest BCUT2D eigenvalue weighted by Gasteiger charge is 2.36. The van der Waals surface area contributed by atoms with Crippen LogP contribution in [0.15, 0.2) is 35.9 Å². The minimum atomic E-state index is 0.00314. The van der Waals surface area contributed by atoms with Crippen LogP contribution < -0.4 is 0 Å². The topological polar surface area (TPSA) is 60.9 Å². The highest BCUT2D eigenvalue weighted by Crippen LogP contribution is 2.34. The van der Waals surface area contributed by atoms with Crippen LogP contribution >= 0.6 is 0 Å². The van der Waals surface area contributed by atoms with E-state index >= 15 is 0 Å². The third-order valence-electron chi connectivity index (χ3n) is 5.52. The fourth-order valence-electron chi connectivity index (χ4n) is 4.16. The molecule has 0 saturated carbocycles. The Bertz CT molecular complexity index is 696. The first-order valence-electron chi connectivity index (χ1n) is 9.33. The molecule has 26 heavy (non-hydrogen) atoms. The Morgan fingerprint density at radius 3 is 2.50 bits per heavy atom. The van der Waals surface area contributed by atoms with E-state index in [4.69, 9.17) is 0 Å². The van der Waals surface area contributed by atoms with Crippen LogP contribution in [0.4, 0.5) is 0 Å². The summed E-state index contributed by atoms with van der Waals surface area (Å²) in [6.07, 6.45) is 1.39. The minimum absolute atomic E-state index is 0.00314. The van der Waals surface area contributed by atoms with Gasteiger partial charge in [0.25, 0.3) is 0 Å². The van der Waals surface area contributed by atoms with Gasteiger partial charge in [-0.05, 0) is 37.6 Å². The number of aliphatic hydroxyl groups is 1. The number of benzene rings is 1. The Morgan fingerprint density at radius 1 is 1.15 bits per heavy atom. The molecule has 0 unspecified atom stereocenters. The van der Waals surface area contributed by atoms with Crippen molar-refractivity contribution in [3.05, 3.63) is 41.5 Å². The van der Waals surface area contributed by atoms with Crippen molar-refractivity contribution in [2.75, 3.05) is 40.3 Å². The Morgan fingerprint density at radius 2 is 1.85 bits per heavy atom. The average Bonchev–Trinajstić information content (AvgIpc) is 3.19. The van der Waals surface area contributed by atoms with Crippen molar-refractivity contribution in [1.29, 1.82) is 0 Å². The van der Waals surface area contributed by atoms with Gasteiger partial charge in [0.1, 0.15) is 0 Å². The SMILES string of the molecule is CN(C)C[C@@H]1CN(C(=O)CC2=C(c3ccccc3)CCC2=O)C[C@@H]1CO. The van der Waals surface area contributed by atoms with Gasteiger partial charge < -0.3 is 14.9 Å². The number of aliphatic hydroxyl groups excluding tert-OH is 1. The molecule has 0 spiro atoms. The number of Topliss-reactive ketones (excluding diaryl/α,β-unsaturated/α-hetero) is 1. The van der Waals surface area contributed by atoms with Gasteiger partial charge >= 0.3 is 0 Å². The first kappa shape index (κ1) is 18.8. The summed E-state index contributed by atoms with van der Waals surface area (Å²) in [6, 6.07) is 9.88. The van der Waals surface area contributed by atoms with Crippen molar-refractivity contribution in [2.24, 2.45) is 11.8 Å². The fraction of sp³-hybridized carbons (Fsp3) is 0.524. The second kappa shape index (κ2) is 8.14. The summed E-state index contributed by atoms with van der Waals surface area (Å²) in [5.41, 5.74) is 2.74.